The van der Waals surface area contributed by atoms with Crippen molar-refractivity contribution in [3.05, 3.63) is 74.7 Å². The van der Waals surface area contributed by atoms with E-state index in [-0.39, 0.29) is 21.5 Å². The number of fused-ring (bicyclic) bond motifs is 1. The summed E-state index contributed by atoms with van der Waals surface area (Å²) in [6, 6.07) is 15.1. The number of phenols is 1. The smallest absolute Gasteiger partial charge is 0.271 e. The van der Waals surface area contributed by atoms with E-state index in [0.29, 0.717) is 29.3 Å². The van der Waals surface area contributed by atoms with Crippen molar-refractivity contribution >= 4 is 44.6 Å². The number of ether oxygens (including phenoxy) is 1. The number of hydrogen-bond donors (Lipinski definition) is 1. The SMILES string of the molecule is CCOc1ccc(-c2nc3cc(N=Cc4cc([N+](=O)[O-])cc(Br)c4O)ccc3o2)cc1. The molecule has 156 valence electrons. The first-order valence-corrected chi connectivity index (χ1v) is 10.1. The van der Waals surface area contributed by atoms with Crippen LogP contribution in [-0.2, 0) is 0 Å². The molecule has 0 atom stereocenters. The van der Waals surface area contributed by atoms with Crippen LogP contribution in [0.4, 0.5) is 11.4 Å². The number of rotatable bonds is 6. The summed E-state index contributed by atoms with van der Waals surface area (Å²) in [7, 11) is 0. The summed E-state index contributed by atoms with van der Waals surface area (Å²) in [5.41, 5.74) is 2.65. The maximum Gasteiger partial charge on any atom is 0.271 e. The Morgan fingerprint density at radius 1 is 1.23 bits per heavy atom. The van der Waals surface area contributed by atoms with E-state index in [9.17, 15) is 15.2 Å². The zero-order valence-electron chi connectivity index (χ0n) is 16.3. The van der Waals surface area contributed by atoms with Crippen molar-refractivity contribution in [2.45, 2.75) is 6.92 Å². The molecule has 4 rings (SSSR count). The number of nitro benzene ring substituents is 1. The normalized spacial score (nSPS) is 11.3. The number of nitrogens with zero attached hydrogens (tertiary/aromatic N) is 3. The third-order valence-electron chi connectivity index (χ3n) is 4.42. The lowest BCUT2D eigenvalue weighted by Crippen LogP contribution is -1.91. The third kappa shape index (κ3) is 4.41. The van der Waals surface area contributed by atoms with Gasteiger partial charge in [0.15, 0.2) is 5.58 Å². The van der Waals surface area contributed by atoms with Gasteiger partial charge in [-0.3, -0.25) is 15.1 Å². The van der Waals surface area contributed by atoms with Gasteiger partial charge in [-0.2, -0.15) is 0 Å². The predicted octanol–water partition coefficient (Wildman–Crippen LogP) is 6.02. The summed E-state index contributed by atoms with van der Waals surface area (Å²) in [5.74, 6) is 1.11. The Bertz CT molecular complexity index is 1300. The number of halogens is 1. The number of aromatic nitrogens is 1. The van der Waals surface area contributed by atoms with Crippen molar-refractivity contribution < 1.29 is 19.2 Å². The number of aliphatic imine (C=N–C) groups is 1. The Morgan fingerprint density at radius 2 is 2.00 bits per heavy atom. The third-order valence-corrected chi connectivity index (χ3v) is 5.03. The highest BCUT2D eigenvalue weighted by Crippen LogP contribution is 2.32. The zero-order chi connectivity index (χ0) is 22.0. The fraction of sp³-hybridized carbons (Fsp3) is 0.0909. The summed E-state index contributed by atoms with van der Waals surface area (Å²) in [6.07, 6.45) is 1.36. The molecule has 0 radical (unpaired) electrons. The second-order valence-electron chi connectivity index (χ2n) is 6.51. The van der Waals surface area contributed by atoms with E-state index in [1.165, 1.54) is 18.3 Å². The molecule has 0 bridgehead atoms. The molecule has 0 spiro atoms. The summed E-state index contributed by atoms with van der Waals surface area (Å²) in [5, 5.41) is 21.2. The van der Waals surface area contributed by atoms with Gasteiger partial charge in [0.1, 0.15) is 17.0 Å². The molecule has 0 aliphatic heterocycles. The lowest BCUT2D eigenvalue weighted by Gasteiger charge is -2.02. The van der Waals surface area contributed by atoms with Gasteiger partial charge in [0, 0.05) is 29.5 Å². The van der Waals surface area contributed by atoms with Crippen LogP contribution in [0.25, 0.3) is 22.6 Å². The molecule has 1 N–H and O–H groups in total. The molecule has 0 saturated heterocycles. The number of oxazole rings is 1. The largest absolute Gasteiger partial charge is 0.506 e. The standard InChI is InChI=1S/C22H16BrN3O5/c1-2-30-17-6-3-13(4-7-17)22-25-19-10-15(5-8-20(19)31-22)24-12-14-9-16(26(28)29)11-18(23)21(14)27/h3-12,27H,2H2,1H3. The molecule has 8 nitrogen and oxygen atoms in total. The molecule has 0 unspecified atom stereocenters. The highest BCUT2D eigenvalue weighted by molar-refractivity contribution is 9.10. The first kappa shape index (κ1) is 20.5. The Kier molecular flexibility index (Phi) is 5.68. The topological polar surface area (TPSA) is 111 Å². The molecule has 0 fully saturated rings. The fourth-order valence-corrected chi connectivity index (χ4v) is 3.40. The Hall–Kier alpha value is -3.72. The Morgan fingerprint density at radius 3 is 2.71 bits per heavy atom. The summed E-state index contributed by atoms with van der Waals surface area (Å²) in [6.45, 7) is 2.52. The van der Waals surface area contributed by atoms with Gasteiger partial charge in [-0.25, -0.2) is 4.98 Å². The number of phenolic OH excluding ortho intramolecular Hbond substituents is 1. The molecule has 0 aliphatic rings. The van der Waals surface area contributed by atoms with E-state index >= 15 is 0 Å². The maximum absolute atomic E-state index is 11.0. The van der Waals surface area contributed by atoms with Gasteiger partial charge in [-0.05, 0) is 65.3 Å². The van der Waals surface area contributed by atoms with Gasteiger partial charge < -0.3 is 14.3 Å². The van der Waals surface area contributed by atoms with Crippen molar-refractivity contribution in [2.75, 3.05) is 6.61 Å². The molecular formula is C22H16BrN3O5. The number of nitro groups is 1. The van der Waals surface area contributed by atoms with Gasteiger partial charge in [-0.15, -0.1) is 0 Å². The van der Waals surface area contributed by atoms with Gasteiger partial charge in [-0.1, -0.05) is 0 Å². The van der Waals surface area contributed by atoms with E-state index in [0.717, 1.165) is 11.3 Å². The lowest BCUT2D eigenvalue weighted by atomic mass is 10.2. The first-order chi connectivity index (χ1) is 14.9. The monoisotopic (exact) mass is 481 g/mol. The van der Waals surface area contributed by atoms with Gasteiger partial charge in [0.25, 0.3) is 5.69 Å². The number of aromatic hydroxyl groups is 1. The molecule has 31 heavy (non-hydrogen) atoms. The molecule has 3 aromatic carbocycles. The van der Waals surface area contributed by atoms with Crippen LogP contribution in [0.5, 0.6) is 11.5 Å². The number of hydrogen-bond acceptors (Lipinski definition) is 7. The van der Waals surface area contributed by atoms with Crippen molar-refractivity contribution in [1.29, 1.82) is 0 Å². The molecule has 0 saturated carbocycles. The zero-order valence-corrected chi connectivity index (χ0v) is 17.9. The van der Waals surface area contributed by atoms with E-state index < -0.39 is 4.92 Å². The highest BCUT2D eigenvalue weighted by atomic mass is 79.9. The van der Waals surface area contributed by atoms with Crippen LogP contribution in [0.2, 0.25) is 0 Å². The van der Waals surface area contributed by atoms with Crippen molar-refractivity contribution in [3.8, 4) is 23.0 Å². The first-order valence-electron chi connectivity index (χ1n) is 9.29. The average Bonchev–Trinajstić information content (AvgIpc) is 3.18. The Labute approximate surface area is 185 Å². The molecular weight excluding hydrogens is 466 g/mol. The van der Waals surface area contributed by atoms with Crippen LogP contribution in [-0.4, -0.2) is 27.8 Å². The van der Waals surface area contributed by atoms with Crippen molar-refractivity contribution in [2.24, 2.45) is 4.99 Å². The van der Waals surface area contributed by atoms with E-state index in [4.69, 9.17) is 9.15 Å². The molecule has 1 aromatic heterocycles. The molecule has 0 amide bonds. The Balaban J connectivity index is 1.62. The van der Waals surface area contributed by atoms with Crippen LogP contribution in [0.15, 0.2) is 68.5 Å². The second kappa shape index (κ2) is 8.57. The maximum atomic E-state index is 11.0. The molecule has 0 aliphatic carbocycles. The predicted molar refractivity (Wildman–Crippen MR) is 120 cm³/mol. The average molecular weight is 482 g/mol. The minimum absolute atomic E-state index is 0.130. The van der Waals surface area contributed by atoms with Crippen LogP contribution >= 0.6 is 15.9 Å². The number of benzene rings is 3. The fourth-order valence-electron chi connectivity index (χ4n) is 2.93. The quantitative estimate of drug-likeness (QED) is 0.204. The van der Waals surface area contributed by atoms with E-state index in [2.05, 4.69) is 25.9 Å². The van der Waals surface area contributed by atoms with E-state index in [1.807, 2.05) is 31.2 Å². The molecule has 9 heteroatoms. The minimum Gasteiger partial charge on any atom is -0.506 e. The van der Waals surface area contributed by atoms with Crippen LogP contribution in [0.3, 0.4) is 0 Å². The summed E-state index contributed by atoms with van der Waals surface area (Å²) in [4.78, 5) is 19.3. The van der Waals surface area contributed by atoms with Gasteiger partial charge in [0.2, 0.25) is 5.89 Å². The van der Waals surface area contributed by atoms with Crippen LogP contribution < -0.4 is 4.74 Å². The molecule has 1 heterocycles. The summed E-state index contributed by atoms with van der Waals surface area (Å²) < 4.78 is 11.5. The molecule has 4 aromatic rings. The van der Waals surface area contributed by atoms with Crippen molar-refractivity contribution in [1.82, 2.24) is 4.98 Å². The van der Waals surface area contributed by atoms with Gasteiger partial charge >= 0.3 is 0 Å². The van der Waals surface area contributed by atoms with Crippen LogP contribution in [0, 0.1) is 10.1 Å². The minimum atomic E-state index is -0.536. The van der Waals surface area contributed by atoms with Crippen molar-refractivity contribution in [3.63, 3.8) is 0 Å². The van der Waals surface area contributed by atoms with Gasteiger partial charge in [0.05, 0.1) is 21.7 Å². The lowest BCUT2D eigenvalue weighted by molar-refractivity contribution is -0.385. The van der Waals surface area contributed by atoms with Crippen LogP contribution in [0.1, 0.15) is 12.5 Å². The second-order valence-corrected chi connectivity index (χ2v) is 7.36. The van der Waals surface area contributed by atoms with E-state index in [1.54, 1.807) is 18.2 Å². The summed E-state index contributed by atoms with van der Waals surface area (Å²) >= 11 is 3.12. The highest BCUT2D eigenvalue weighted by Gasteiger charge is 2.14. The number of non-ortho nitro benzene ring substituents is 1.